The van der Waals surface area contributed by atoms with Crippen molar-refractivity contribution in [2.45, 2.75) is 69.4 Å². The smallest absolute Gasteiger partial charge is 0.246 e. The molecule has 1 aromatic carbocycles. The van der Waals surface area contributed by atoms with Crippen molar-refractivity contribution in [3.8, 4) is 0 Å². The summed E-state index contributed by atoms with van der Waals surface area (Å²) >= 11 is 1.52. The summed E-state index contributed by atoms with van der Waals surface area (Å²) in [5.41, 5.74) is -0.472. The van der Waals surface area contributed by atoms with Crippen LogP contribution < -0.4 is 10.2 Å². The van der Waals surface area contributed by atoms with Crippen molar-refractivity contribution in [2.75, 3.05) is 4.90 Å². The van der Waals surface area contributed by atoms with Gasteiger partial charge in [0.2, 0.25) is 11.8 Å². The van der Waals surface area contributed by atoms with Gasteiger partial charge in [-0.3, -0.25) is 14.5 Å². The van der Waals surface area contributed by atoms with E-state index in [9.17, 15) is 14.0 Å². The van der Waals surface area contributed by atoms with Crippen molar-refractivity contribution in [3.63, 3.8) is 0 Å². The van der Waals surface area contributed by atoms with Crippen molar-refractivity contribution in [3.05, 3.63) is 52.5 Å². The summed E-state index contributed by atoms with van der Waals surface area (Å²) in [6.07, 6.45) is 7.44. The van der Waals surface area contributed by atoms with Crippen LogP contribution in [0, 0.1) is 5.82 Å². The van der Waals surface area contributed by atoms with Gasteiger partial charge in [-0.15, -0.1) is 11.3 Å². The molecule has 1 heterocycles. The summed E-state index contributed by atoms with van der Waals surface area (Å²) in [6, 6.07) is 10.1. The van der Waals surface area contributed by atoms with Crippen LogP contribution in [0.2, 0.25) is 0 Å². The molecule has 2 aliphatic carbocycles. The lowest BCUT2D eigenvalue weighted by Crippen LogP contribution is -2.61. The molecule has 0 atom stereocenters. The molecule has 1 N–H and O–H groups in total. The van der Waals surface area contributed by atoms with E-state index in [0.717, 1.165) is 43.4 Å². The monoisotopic (exact) mass is 414 g/mol. The minimum absolute atomic E-state index is 0.0781. The summed E-state index contributed by atoms with van der Waals surface area (Å²) in [7, 11) is 0. The van der Waals surface area contributed by atoms with E-state index in [0.29, 0.717) is 18.5 Å². The molecule has 0 radical (unpaired) electrons. The number of anilines is 1. The summed E-state index contributed by atoms with van der Waals surface area (Å²) in [5.74, 6) is -0.631. The first-order valence-corrected chi connectivity index (χ1v) is 11.4. The van der Waals surface area contributed by atoms with Gasteiger partial charge >= 0.3 is 0 Å². The van der Waals surface area contributed by atoms with Crippen LogP contribution in [0.1, 0.15) is 56.2 Å². The Morgan fingerprint density at radius 2 is 1.86 bits per heavy atom. The number of carbonyl (C=O) groups is 2. The highest BCUT2D eigenvalue weighted by atomic mass is 32.1. The third kappa shape index (κ3) is 4.22. The third-order valence-electron chi connectivity index (χ3n) is 6.19. The van der Waals surface area contributed by atoms with Crippen LogP contribution in [0.25, 0.3) is 0 Å². The van der Waals surface area contributed by atoms with E-state index in [1.807, 2.05) is 17.5 Å². The molecule has 0 unspecified atom stereocenters. The molecule has 0 saturated heterocycles. The molecule has 154 valence electrons. The highest BCUT2D eigenvalue weighted by molar-refractivity contribution is 7.10. The predicted octanol–water partition coefficient (Wildman–Crippen LogP) is 4.83. The Balaban J connectivity index is 1.70. The number of rotatable bonds is 6. The summed E-state index contributed by atoms with van der Waals surface area (Å²) in [5, 5.41) is 5.15. The van der Waals surface area contributed by atoms with E-state index in [-0.39, 0.29) is 24.3 Å². The minimum Gasteiger partial charge on any atom is -0.351 e. The quantitative estimate of drug-likeness (QED) is 0.736. The first-order valence-electron chi connectivity index (χ1n) is 10.5. The number of carbonyl (C=O) groups excluding carboxylic acids is 2. The molecular formula is C23H27FN2O2S. The number of nitrogens with one attached hydrogen (secondary N) is 1. The maximum absolute atomic E-state index is 14.1. The van der Waals surface area contributed by atoms with E-state index < -0.39 is 11.4 Å². The second kappa shape index (κ2) is 8.66. The molecule has 6 heteroatoms. The van der Waals surface area contributed by atoms with Crippen molar-refractivity contribution in [1.82, 2.24) is 5.32 Å². The highest BCUT2D eigenvalue weighted by Crippen LogP contribution is 2.40. The van der Waals surface area contributed by atoms with Gasteiger partial charge < -0.3 is 5.32 Å². The zero-order valence-corrected chi connectivity index (χ0v) is 17.3. The molecule has 2 aromatic rings. The minimum atomic E-state index is -0.940. The number of amides is 2. The fourth-order valence-corrected chi connectivity index (χ4v) is 5.48. The number of halogens is 1. The average Bonchev–Trinajstić information content (AvgIpc) is 3.45. The number of benzene rings is 1. The average molecular weight is 415 g/mol. The van der Waals surface area contributed by atoms with Crippen LogP contribution in [0.5, 0.6) is 0 Å². The fourth-order valence-electron chi connectivity index (χ4n) is 4.79. The number of nitrogens with zero attached hydrogens (tertiary/aromatic N) is 1. The van der Waals surface area contributed by atoms with Gasteiger partial charge in [-0.2, -0.15) is 0 Å². The Kier molecular flexibility index (Phi) is 5.99. The zero-order valence-electron chi connectivity index (χ0n) is 16.5. The zero-order chi connectivity index (χ0) is 20.3. The van der Waals surface area contributed by atoms with Crippen molar-refractivity contribution < 1.29 is 14.0 Å². The van der Waals surface area contributed by atoms with E-state index in [1.54, 1.807) is 17.0 Å². The van der Waals surface area contributed by atoms with Crippen molar-refractivity contribution in [2.24, 2.45) is 0 Å². The first-order chi connectivity index (χ1) is 14.1. The van der Waals surface area contributed by atoms with Crippen LogP contribution in [0.15, 0.2) is 41.8 Å². The second-order valence-electron chi connectivity index (χ2n) is 8.16. The fraction of sp³-hybridized carbons (Fsp3) is 0.478. The maximum atomic E-state index is 14.1. The lowest BCUT2D eigenvalue weighted by molar-refractivity contribution is -0.130. The van der Waals surface area contributed by atoms with Crippen LogP contribution in [-0.2, 0) is 16.0 Å². The molecule has 2 aliphatic rings. The Labute approximate surface area is 175 Å². The van der Waals surface area contributed by atoms with Crippen LogP contribution >= 0.6 is 11.3 Å². The number of hydrogen-bond donors (Lipinski definition) is 1. The normalized spacial score (nSPS) is 18.7. The molecular weight excluding hydrogens is 387 g/mol. The largest absolute Gasteiger partial charge is 0.351 e. The highest BCUT2D eigenvalue weighted by Gasteiger charge is 2.49. The molecule has 2 fully saturated rings. The molecule has 29 heavy (non-hydrogen) atoms. The Morgan fingerprint density at radius 3 is 2.52 bits per heavy atom. The SMILES string of the molecule is O=C(Cc1cccs1)N(c1cccc(F)c1)C1(C(=O)NC2CCCC2)CCCC1. The molecule has 0 aliphatic heterocycles. The van der Waals surface area contributed by atoms with E-state index >= 15 is 0 Å². The van der Waals surface area contributed by atoms with Crippen LogP contribution in [0.4, 0.5) is 10.1 Å². The van der Waals surface area contributed by atoms with Gasteiger partial charge in [0.1, 0.15) is 11.4 Å². The van der Waals surface area contributed by atoms with Crippen LogP contribution in [0.3, 0.4) is 0 Å². The molecule has 4 nitrogen and oxygen atoms in total. The van der Waals surface area contributed by atoms with Gasteiger partial charge in [-0.1, -0.05) is 37.8 Å². The van der Waals surface area contributed by atoms with E-state index in [2.05, 4.69) is 5.32 Å². The van der Waals surface area contributed by atoms with E-state index in [4.69, 9.17) is 0 Å². The summed E-state index contributed by atoms with van der Waals surface area (Å²) in [6.45, 7) is 0. The van der Waals surface area contributed by atoms with Crippen LogP contribution in [-0.4, -0.2) is 23.4 Å². The Bertz CT molecular complexity index is 856. The molecule has 2 amide bonds. The molecule has 1 aromatic heterocycles. The first kappa shape index (κ1) is 20.1. The molecule has 0 spiro atoms. The Hall–Kier alpha value is -2.21. The van der Waals surface area contributed by atoms with E-state index in [1.165, 1.54) is 23.5 Å². The standard InChI is InChI=1S/C23H27FN2O2S/c24-17-7-5-10-19(15-17)26(21(27)16-20-11-6-14-29-20)23(12-3-4-13-23)22(28)25-18-8-1-2-9-18/h5-7,10-11,14-15,18H,1-4,8-9,12-13,16H2,(H,25,28). The summed E-state index contributed by atoms with van der Waals surface area (Å²) < 4.78 is 14.1. The van der Waals surface area contributed by atoms with Crippen molar-refractivity contribution in [1.29, 1.82) is 0 Å². The van der Waals surface area contributed by atoms with Gasteiger partial charge in [0.15, 0.2) is 0 Å². The Morgan fingerprint density at radius 1 is 1.10 bits per heavy atom. The van der Waals surface area contributed by atoms with Gasteiger partial charge in [-0.05, 0) is 55.3 Å². The molecule has 2 saturated carbocycles. The predicted molar refractivity (Wildman–Crippen MR) is 114 cm³/mol. The summed E-state index contributed by atoms with van der Waals surface area (Å²) in [4.78, 5) is 29.6. The van der Waals surface area contributed by atoms with Crippen molar-refractivity contribution >= 4 is 28.8 Å². The molecule has 4 rings (SSSR count). The second-order valence-corrected chi connectivity index (χ2v) is 9.19. The topological polar surface area (TPSA) is 49.4 Å². The molecule has 0 bridgehead atoms. The van der Waals surface area contributed by atoms with Gasteiger partial charge in [-0.25, -0.2) is 4.39 Å². The van der Waals surface area contributed by atoms with Gasteiger partial charge in [0.25, 0.3) is 0 Å². The third-order valence-corrected chi connectivity index (χ3v) is 7.07. The number of thiophene rings is 1. The maximum Gasteiger partial charge on any atom is 0.246 e. The number of hydrogen-bond acceptors (Lipinski definition) is 3. The lowest BCUT2D eigenvalue weighted by atomic mass is 9.91. The lowest BCUT2D eigenvalue weighted by Gasteiger charge is -2.41. The van der Waals surface area contributed by atoms with Gasteiger partial charge in [0.05, 0.1) is 6.42 Å². The van der Waals surface area contributed by atoms with Gasteiger partial charge in [0, 0.05) is 16.6 Å².